The SMILES string of the molecule is CCn1cnnc1CN1CCCN(C(=O)Cc2cc(C)no2)CC1.O=CO. The first kappa shape index (κ1) is 20.6. The lowest BCUT2D eigenvalue weighted by atomic mass is 10.2. The molecule has 1 aliphatic rings. The van der Waals surface area contributed by atoms with Gasteiger partial charge in [-0.15, -0.1) is 10.2 Å². The van der Waals surface area contributed by atoms with Gasteiger partial charge in [0.1, 0.15) is 17.9 Å². The minimum absolute atomic E-state index is 0.102. The zero-order valence-corrected chi connectivity index (χ0v) is 15.7. The minimum atomic E-state index is -0.250. The molecular formula is C17H26N6O4. The Labute approximate surface area is 157 Å². The van der Waals surface area contributed by atoms with Crippen LogP contribution in [0, 0.1) is 6.92 Å². The minimum Gasteiger partial charge on any atom is -0.483 e. The maximum atomic E-state index is 12.4. The maximum Gasteiger partial charge on any atom is 0.290 e. The van der Waals surface area contributed by atoms with Crippen molar-refractivity contribution in [2.24, 2.45) is 0 Å². The van der Waals surface area contributed by atoms with Crippen LogP contribution in [0.15, 0.2) is 16.9 Å². The summed E-state index contributed by atoms with van der Waals surface area (Å²) in [4.78, 5) is 25.1. The molecule has 1 fully saturated rings. The van der Waals surface area contributed by atoms with Gasteiger partial charge < -0.3 is 19.1 Å². The molecule has 10 nitrogen and oxygen atoms in total. The van der Waals surface area contributed by atoms with Gasteiger partial charge in [0.25, 0.3) is 6.47 Å². The number of nitrogens with zero attached hydrogens (tertiary/aromatic N) is 6. The highest BCUT2D eigenvalue weighted by Crippen LogP contribution is 2.10. The molecule has 148 valence electrons. The summed E-state index contributed by atoms with van der Waals surface area (Å²) >= 11 is 0. The fourth-order valence-corrected chi connectivity index (χ4v) is 3.00. The topological polar surface area (TPSA) is 118 Å². The van der Waals surface area contributed by atoms with Gasteiger partial charge in [-0.05, 0) is 20.3 Å². The smallest absolute Gasteiger partial charge is 0.290 e. The third kappa shape index (κ3) is 6.17. The second-order valence-corrected chi connectivity index (χ2v) is 6.26. The first-order valence-corrected chi connectivity index (χ1v) is 8.94. The summed E-state index contributed by atoms with van der Waals surface area (Å²) in [6.07, 6.45) is 3.01. The molecule has 1 amide bonds. The molecule has 1 N–H and O–H groups in total. The molecule has 0 aromatic carbocycles. The van der Waals surface area contributed by atoms with Gasteiger partial charge in [0, 0.05) is 38.8 Å². The van der Waals surface area contributed by atoms with Crippen molar-refractivity contribution in [1.29, 1.82) is 0 Å². The van der Waals surface area contributed by atoms with Gasteiger partial charge in [-0.3, -0.25) is 14.5 Å². The molecule has 0 unspecified atom stereocenters. The predicted octanol–water partition coefficient (Wildman–Crippen LogP) is 0.572. The lowest BCUT2D eigenvalue weighted by Crippen LogP contribution is -2.36. The van der Waals surface area contributed by atoms with E-state index < -0.39 is 0 Å². The standard InChI is InChI=1S/C16H24N6O2.CH2O2/c1-3-21-12-17-18-15(21)11-20-5-4-6-22(8-7-20)16(23)10-14-9-13(2)19-24-14;2-1-3/h9,12H,3-8,10-11H2,1-2H3;1H,(H,2,3). The van der Waals surface area contributed by atoms with Crippen LogP contribution >= 0.6 is 0 Å². The number of carboxylic acid groups (broad SMARTS) is 1. The molecule has 2 aromatic rings. The lowest BCUT2D eigenvalue weighted by Gasteiger charge is -2.21. The monoisotopic (exact) mass is 378 g/mol. The van der Waals surface area contributed by atoms with Gasteiger partial charge >= 0.3 is 0 Å². The van der Waals surface area contributed by atoms with Crippen molar-refractivity contribution in [2.45, 2.75) is 39.8 Å². The number of carbonyl (C=O) groups is 2. The fourth-order valence-electron chi connectivity index (χ4n) is 3.00. The van der Waals surface area contributed by atoms with E-state index in [0.29, 0.717) is 5.76 Å². The molecule has 3 rings (SSSR count). The van der Waals surface area contributed by atoms with Crippen molar-refractivity contribution < 1.29 is 19.2 Å². The molecule has 1 saturated heterocycles. The van der Waals surface area contributed by atoms with Crippen LogP contribution in [0.3, 0.4) is 0 Å². The second-order valence-electron chi connectivity index (χ2n) is 6.26. The number of carbonyl (C=O) groups excluding carboxylic acids is 1. The number of aromatic nitrogens is 4. The Morgan fingerprint density at radius 1 is 1.33 bits per heavy atom. The quantitative estimate of drug-likeness (QED) is 0.751. The molecule has 0 radical (unpaired) electrons. The molecule has 10 heteroatoms. The third-order valence-corrected chi connectivity index (χ3v) is 4.34. The number of aryl methyl sites for hydroxylation is 2. The first-order valence-electron chi connectivity index (χ1n) is 8.94. The van der Waals surface area contributed by atoms with Crippen LogP contribution < -0.4 is 0 Å². The normalized spacial score (nSPS) is 15.0. The molecule has 0 aliphatic carbocycles. The first-order chi connectivity index (χ1) is 13.1. The van der Waals surface area contributed by atoms with Gasteiger partial charge in [-0.25, -0.2) is 0 Å². The van der Waals surface area contributed by atoms with Crippen LogP contribution in [0.4, 0.5) is 0 Å². The fraction of sp³-hybridized carbons (Fsp3) is 0.588. The summed E-state index contributed by atoms with van der Waals surface area (Å²) in [5, 5.41) is 18.9. The summed E-state index contributed by atoms with van der Waals surface area (Å²) in [6, 6.07) is 1.82. The predicted molar refractivity (Wildman–Crippen MR) is 95.8 cm³/mol. The van der Waals surface area contributed by atoms with E-state index >= 15 is 0 Å². The van der Waals surface area contributed by atoms with Gasteiger partial charge in [0.05, 0.1) is 18.7 Å². The average molecular weight is 378 g/mol. The van der Waals surface area contributed by atoms with Crippen molar-refractivity contribution in [1.82, 2.24) is 29.7 Å². The van der Waals surface area contributed by atoms with Crippen LogP contribution in [0.1, 0.15) is 30.6 Å². The lowest BCUT2D eigenvalue weighted by molar-refractivity contribution is -0.130. The maximum absolute atomic E-state index is 12.4. The highest BCUT2D eigenvalue weighted by Gasteiger charge is 2.21. The summed E-state index contributed by atoms with van der Waals surface area (Å²) in [6.45, 7) is 8.65. The van der Waals surface area contributed by atoms with Crippen LogP contribution in [-0.2, 0) is 29.1 Å². The highest BCUT2D eigenvalue weighted by molar-refractivity contribution is 5.78. The largest absolute Gasteiger partial charge is 0.483 e. The van der Waals surface area contributed by atoms with Gasteiger partial charge in [0.15, 0.2) is 0 Å². The summed E-state index contributed by atoms with van der Waals surface area (Å²) in [5.74, 6) is 1.72. The van der Waals surface area contributed by atoms with Crippen molar-refractivity contribution in [3.8, 4) is 0 Å². The highest BCUT2D eigenvalue weighted by atomic mass is 16.5. The Bertz CT molecular complexity index is 729. The molecular weight excluding hydrogens is 352 g/mol. The Balaban J connectivity index is 0.000000817. The summed E-state index contributed by atoms with van der Waals surface area (Å²) in [7, 11) is 0. The zero-order valence-electron chi connectivity index (χ0n) is 15.7. The van der Waals surface area contributed by atoms with Crippen molar-refractivity contribution >= 4 is 12.4 Å². The second kappa shape index (κ2) is 10.4. The molecule has 0 saturated carbocycles. The Hall–Kier alpha value is -2.75. The van der Waals surface area contributed by atoms with Crippen LogP contribution in [0.2, 0.25) is 0 Å². The van der Waals surface area contributed by atoms with E-state index in [9.17, 15) is 4.79 Å². The number of hydrogen-bond donors (Lipinski definition) is 1. The number of amides is 1. The van der Waals surface area contributed by atoms with Crippen LogP contribution in [0.25, 0.3) is 0 Å². The molecule has 0 bridgehead atoms. The van der Waals surface area contributed by atoms with Crippen molar-refractivity contribution in [3.05, 3.63) is 29.7 Å². The third-order valence-electron chi connectivity index (χ3n) is 4.34. The molecule has 3 heterocycles. The Kier molecular flexibility index (Phi) is 7.93. The van der Waals surface area contributed by atoms with Gasteiger partial charge in [-0.2, -0.15) is 0 Å². The van der Waals surface area contributed by atoms with Gasteiger partial charge in [0.2, 0.25) is 5.91 Å². The molecule has 1 aliphatic heterocycles. The number of hydrogen-bond acceptors (Lipinski definition) is 7. The van der Waals surface area contributed by atoms with Crippen molar-refractivity contribution in [2.75, 3.05) is 26.2 Å². The van der Waals surface area contributed by atoms with E-state index in [1.54, 1.807) is 6.33 Å². The van der Waals surface area contributed by atoms with E-state index in [1.165, 1.54) is 0 Å². The summed E-state index contributed by atoms with van der Waals surface area (Å²) < 4.78 is 7.20. The van der Waals surface area contributed by atoms with E-state index in [2.05, 4.69) is 31.7 Å². The van der Waals surface area contributed by atoms with Gasteiger partial charge in [-0.1, -0.05) is 5.16 Å². The molecule has 2 aromatic heterocycles. The average Bonchev–Trinajstić information content (AvgIpc) is 3.18. The molecule has 0 spiro atoms. The van der Waals surface area contributed by atoms with E-state index in [4.69, 9.17) is 14.4 Å². The van der Waals surface area contributed by atoms with Crippen molar-refractivity contribution in [3.63, 3.8) is 0 Å². The van der Waals surface area contributed by atoms with E-state index in [1.807, 2.05) is 17.9 Å². The Morgan fingerprint density at radius 3 is 2.78 bits per heavy atom. The molecule has 0 atom stereocenters. The molecule has 27 heavy (non-hydrogen) atoms. The Morgan fingerprint density at radius 2 is 2.11 bits per heavy atom. The van der Waals surface area contributed by atoms with E-state index in [0.717, 1.165) is 57.2 Å². The van der Waals surface area contributed by atoms with Crippen LogP contribution in [-0.4, -0.2) is 73.4 Å². The summed E-state index contributed by atoms with van der Waals surface area (Å²) in [5.41, 5.74) is 0.805. The number of rotatable bonds is 5. The van der Waals surface area contributed by atoms with Crippen LogP contribution in [0.5, 0.6) is 0 Å². The zero-order chi connectivity index (χ0) is 19.6. The van der Waals surface area contributed by atoms with E-state index in [-0.39, 0.29) is 18.8 Å².